The molecule has 0 aliphatic carbocycles. The van der Waals surface area contributed by atoms with Crippen LogP contribution in [0.15, 0.2) is 17.2 Å². The van der Waals surface area contributed by atoms with E-state index in [1.165, 1.54) is 11.0 Å². The quantitative estimate of drug-likeness (QED) is 0.755. The summed E-state index contributed by atoms with van der Waals surface area (Å²) < 4.78 is 1.40. The number of piperidine rings is 1. The molecular formula is C10H15N3O2. The van der Waals surface area contributed by atoms with Crippen LogP contribution in [0.2, 0.25) is 0 Å². The molecule has 1 N–H and O–H groups in total. The topological polar surface area (TPSA) is 58.1 Å². The molecule has 1 amide bonds. The molecule has 5 nitrogen and oxygen atoms in total. The Balaban J connectivity index is 1.97. The third-order valence-corrected chi connectivity index (χ3v) is 2.74. The number of aromatic amines is 1. The normalized spacial score (nSPS) is 16.7. The Kier molecular flexibility index (Phi) is 2.89. The number of nitrogens with one attached hydrogen (secondary N) is 1. The van der Waals surface area contributed by atoms with Crippen molar-refractivity contribution in [3.63, 3.8) is 0 Å². The first-order valence-corrected chi connectivity index (χ1v) is 5.29. The lowest BCUT2D eigenvalue weighted by molar-refractivity contribution is -0.132. The SMILES string of the molecule is O=C(Cn1cc[nH]c1=O)N1CCCCC1. The molecule has 1 fully saturated rings. The summed E-state index contributed by atoms with van der Waals surface area (Å²) in [6, 6.07) is 0. The zero-order chi connectivity index (χ0) is 10.7. The molecule has 0 radical (unpaired) electrons. The fraction of sp³-hybridized carbons (Fsp3) is 0.600. The van der Waals surface area contributed by atoms with Gasteiger partial charge in [-0.25, -0.2) is 4.79 Å². The van der Waals surface area contributed by atoms with Crippen molar-refractivity contribution in [2.45, 2.75) is 25.8 Å². The molecule has 1 aliphatic rings. The third kappa shape index (κ3) is 2.29. The van der Waals surface area contributed by atoms with Crippen molar-refractivity contribution in [3.8, 4) is 0 Å². The van der Waals surface area contributed by atoms with E-state index in [9.17, 15) is 9.59 Å². The predicted molar refractivity (Wildman–Crippen MR) is 55.5 cm³/mol. The molecule has 1 aromatic rings. The Bertz CT molecular complexity index is 387. The smallest absolute Gasteiger partial charge is 0.325 e. The maximum absolute atomic E-state index is 11.8. The molecule has 15 heavy (non-hydrogen) atoms. The standard InChI is InChI=1S/C10H15N3O2/c14-9(12-5-2-1-3-6-12)8-13-7-4-11-10(13)15/h4,7H,1-3,5-6,8H2,(H,11,15). The highest BCUT2D eigenvalue weighted by molar-refractivity contribution is 5.76. The van der Waals surface area contributed by atoms with Crippen molar-refractivity contribution < 1.29 is 4.79 Å². The van der Waals surface area contributed by atoms with Crippen LogP contribution in [0.5, 0.6) is 0 Å². The van der Waals surface area contributed by atoms with Crippen molar-refractivity contribution in [3.05, 3.63) is 22.9 Å². The van der Waals surface area contributed by atoms with Crippen molar-refractivity contribution in [1.29, 1.82) is 0 Å². The molecular weight excluding hydrogens is 194 g/mol. The molecule has 0 bridgehead atoms. The summed E-state index contributed by atoms with van der Waals surface area (Å²) in [6.07, 6.45) is 6.51. The van der Waals surface area contributed by atoms with E-state index in [1.807, 2.05) is 4.90 Å². The van der Waals surface area contributed by atoms with Gasteiger partial charge in [0.05, 0.1) is 0 Å². The van der Waals surface area contributed by atoms with Crippen LogP contribution in [0.4, 0.5) is 0 Å². The largest absolute Gasteiger partial charge is 0.341 e. The van der Waals surface area contributed by atoms with E-state index < -0.39 is 0 Å². The van der Waals surface area contributed by atoms with Crippen LogP contribution in [0.1, 0.15) is 19.3 Å². The fourth-order valence-corrected chi connectivity index (χ4v) is 1.86. The first-order chi connectivity index (χ1) is 7.27. The predicted octanol–water partition coefficient (Wildman–Crippen LogP) is 0.189. The lowest BCUT2D eigenvalue weighted by atomic mass is 10.1. The summed E-state index contributed by atoms with van der Waals surface area (Å²) in [4.78, 5) is 27.3. The highest BCUT2D eigenvalue weighted by atomic mass is 16.2. The Labute approximate surface area is 87.7 Å². The van der Waals surface area contributed by atoms with E-state index in [0.717, 1.165) is 25.9 Å². The number of H-pyrrole nitrogens is 1. The van der Waals surface area contributed by atoms with Gasteiger partial charge < -0.3 is 9.88 Å². The summed E-state index contributed by atoms with van der Waals surface area (Å²) in [5.41, 5.74) is -0.222. The van der Waals surface area contributed by atoms with Crippen LogP contribution >= 0.6 is 0 Å². The molecule has 0 unspecified atom stereocenters. The van der Waals surface area contributed by atoms with Crippen molar-refractivity contribution >= 4 is 5.91 Å². The monoisotopic (exact) mass is 209 g/mol. The zero-order valence-electron chi connectivity index (χ0n) is 8.61. The Hall–Kier alpha value is -1.52. The molecule has 0 aromatic carbocycles. The summed E-state index contributed by atoms with van der Waals surface area (Å²) in [6.45, 7) is 1.82. The number of hydrogen-bond acceptors (Lipinski definition) is 2. The molecule has 2 rings (SSSR count). The van der Waals surface area contributed by atoms with Crippen molar-refractivity contribution in [2.24, 2.45) is 0 Å². The minimum absolute atomic E-state index is 0.0383. The van der Waals surface area contributed by atoms with Gasteiger partial charge in [0.2, 0.25) is 5.91 Å². The highest BCUT2D eigenvalue weighted by Gasteiger charge is 2.16. The Morgan fingerprint density at radius 1 is 1.33 bits per heavy atom. The summed E-state index contributed by atoms with van der Waals surface area (Å²) in [5.74, 6) is 0.0383. The van der Waals surface area contributed by atoms with E-state index in [-0.39, 0.29) is 18.1 Å². The summed E-state index contributed by atoms with van der Waals surface area (Å²) >= 11 is 0. The van der Waals surface area contributed by atoms with Crippen LogP contribution in [0.25, 0.3) is 0 Å². The molecule has 0 saturated carbocycles. The van der Waals surface area contributed by atoms with Crippen molar-refractivity contribution in [2.75, 3.05) is 13.1 Å². The van der Waals surface area contributed by atoms with Gasteiger partial charge in [-0.15, -0.1) is 0 Å². The second kappa shape index (κ2) is 4.33. The van der Waals surface area contributed by atoms with Crippen LogP contribution in [-0.4, -0.2) is 33.4 Å². The van der Waals surface area contributed by atoms with Gasteiger partial charge in [-0.05, 0) is 19.3 Å². The number of hydrogen-bond donors (Lipinski definition) is 1. The Morgan fingerprint density at radius 3 is 2.67 bits per heavy atom. The minimum Gasteiger partial charge on any atom is -0.341 e. The number of carbonyl (C=O) groups is 1. The molecule has 1 aromatic heterocycles. The van der Waals surface area contributed by atoms with Crippen LogP contribution < -0.4 is 5.69 Å². The third-order valence-electron chi connectivity index (χ3n) is 2.74. The zero-order valence-corrected chi connectivity index (χ0v) is 8.61. The van der Waals surface area contributed by atoms with Gasteiger partial charge in [-0.1, -0.05) is 0 Å². The van der Waals surface area contributed by atoms with Crippen LogP contribution in [0.3, 0.4) is 0 Å². The first kappa shape index (κ1) is 10.0. The van der Waals surface area contributed by atoms with Gasteiger partial charge in [-0.3, -0.25) is 9.36 Å². The molecule has 0 atom stereocenters. The number of aromatic nitrogens is 2. The van der Waals surface area contributed by atoms with E-state index in [1.54, 1.807) is 12.4 Å². The van der Waals surface area contributed by atoms with Gasteiger partial charge in [0.1, 0.15) is 6.54 Å². The van der Waals surface area contributed by atoms with E-state index in [4.69, 9.17) is 0 Å². The second-order valence-electron chi connectivity index (χ2n) is 3.83. The lowest BCUT2D eigenvalue weighted by Gasteiger charge is -2.26. The number of carbonyl (C=O) groups excluding carboxylic acids is 1. The van der Waals surface area contributed by atoms with E-state index in [2.05, 4.69) is 4.98 Å². The fourth-order valence-electron chi connectivity index (χ4n) is 1.86. The van der Waals surface area contributed by atoms with Gasteiger partial charge in [0.25, 0.3) is 0 Å². The molecule has 5 heteroatoms. The van der Waals surface area contributed by atoms with Crippen molar-refractivity contribution in [1.82, 2.24) is 14.5 Å². The number of amides is 1. The molecule has 2 heterocycles. The maximum atomic E-state index is 11.8. The minimum atomic E-state index is -0.222. The van der Waals surface area contributed by atoms with E-state index >= 15 is 0 Å². The average molecular weight is 209 g/mol. The summed E-state index contributed by atoms with van der Waals surface area (Å²) in [5, 5.41) is 0. The molecule has 82 valence electrons. The van der Waals surface area contributed by atoms with Crippen LogP contribution in [-0.2, 0) is 11.3 Å². The maximum Gasteiger partial charge on any atom is 0.325 e. The molecule has 0 spiro atoms. The van der Waals surface area contributed by atoms with Gasteiger partial charge >= 0.3 is 5.69 Å². The van der Waals surface area contributed by atoms with Gasteiger partial charge in [0, 0.05) is 25.5 Å². The number of rotatable bonds is 2. The molecule has 1 saturated heterocycles. The van der Waals surface area contributed by atoms with E-state index in [0.29, 0.717) is 0 Å². The van der Waals surface area contributed by atoms with Crippen LogP contribution in [0, 0.1) is 0 Å². The molecule has 1 aliphatic heterocycles. The second-order valence-corrected chi connectivity index (χ2v) is 3.83. The van der Waals surface area contributed by atoms with Gasteiger partial charge in [0.15, 0.2) is 0 Å². The lowest BCUT2D eigenvalue weighted by Crippen LogP contribution is -2.39. The Morgan fingerprint density at radius 2 is 2.07 bits per heavy atom. The van der Waals surface area contributed by atoms with Gasteiger partial charge in [-0.2, -0.15) is 0 Å². The number of nitrogens with zero attached hydrogens (tertiary/aromatic N) is 2. The summed E-state index contributed by atoms with van der Waals surface area (Å²) in [7, 11) is 0. The highest BCUT2D eigenvalue weighted by Crippen LogP contribution is 2.08. The average Bonchev–Trinajstić information content (AvgIpc) is 2.66. The first-order valence-electron chi connectivity index (χ1n) is 5.29. The number of imidazole rings is 1. The number of likely N-dealkylation sites (tertiary alicyclic amines) is 1.